The average molecular weight is 697 g/mol. The monoisotopic (exact) mass is 696 g/mol. The Morgan fingerprint density at radius 3 is 1.89 bits per heavy atom. The minimum Gasteiger partial charge on any atom is -0.0842 e. The van der Waals surface area contributed by atoms with Crippen molar-refractivity contribution in [3.05, 3.63) is 195 Å². The van der Waals surface area contributed by atoms with Gasteiger partial charge in [-0.15, -0.1) is 0 Å². The van der Waals surface area contributed by atoms with Gasteiger partial charge in [-0.25, -0.2) is 0 Å². The van der Waals surface area contributed by atoms with Crippen LogP contribution in [0.5, 0.6) is 0 Å². The normalized spacial score (nSPS) is 21.1. The topological polar surface area (TPSA) is 0 Å². The second-order valence-corrected chi connectivity index (χ2v) is 15.9. The summed E-state index contributed by atoms with van der Waals surface area (Å²) in [6.45, 7) is 0. The number of hydrogen-bond donors (Lipinski definition) is 0. The van der Waals surface area contributed by atoms with Crippen LogP contribution in [0.1, 0.15) is 92.4 Å². The molecular weight excluding hydrogens is 649 g/mol. The highest BCUT2D eigenvalue weighted by atomic mass is 14.4. The molecule has 0 aromatic heterocycles. The quantitative estimate of drug-likeness (QED) is 0.155. The van der Waals surface area contributed by atoms with Crippen molar-refractivity contribution in [3.8, 4) is 0 Å². The summed E-state index contributed by atoms with van der Waals surface area (Å²) in [5, 5.41) is 8.37. The molecule has 2 unspecified atom stereocenters. The Morgan fingerprint density at radius 1 is 0.519 bits per heavy atom. The molecule has 5 aliphatic rings. The first kappa shape index (κ1) is 33.1. The predicted octanol–water partition coefficient (Wildman–Crippen LogP) is 13.1. The molecule has 5 aromatic carbocycles. The number of fused-ring (bicyclic) bond motifs is 3. The Kier molecular flexibility index (Phi) is 8.84. The van der Waals surface area contributed by atoms with Crippen molar-refractivity contribution >= 4 is 50.4 Å². The van der Waals surface area contributed by atoms with Crippen molar-refractivity contribution in [2.75, 3.05) is 0 Å². The predicted molar refractivity (Wildman–Crippen MR) is 232 cm³/mol. The van der Waals surface area contributed by atoms with Gasteiger partial charge in [-0.05, 0) is 164 Å². The Morgan fingerprint density at radius 2 is 1.19 bits per heavy atom. The third kappa shape index (κ3) is 6.03. The summed E-state index contributed by atoms with van der Waals surface area (Å²) < 4.78 is 0. The number of benzene rings is 5. The second-order valence-electron chi connectivity index (χ2n) is 15.9. The highest BCUT2D eigenvalue weighted by Gasteiger charge is 2.32. The molecule has 0 aliphatic heterocycles. The van der Waals surface area contributed by atoms with Crippen molar-refractivity contribution in [1.82, 2.24) is 0 Å². The SMILES string of the molecule is C1=CCCC(C2=CC(c3ccccc3)=C(c3c4ccccc4c(C4=CCC(C5=CC=CCC5)CC4c4ccccc4)c4cc5c(cc34)=CCCC=5)CC2)=C1. The summed E-state index contributed by atoms with van der Waals surface area (Å²) in [5.41, 5.74) is 14.6. The van der Waals surface area contributed by atoms with Gasteiger partial charge in [0.25, 0.3) is 0 Å². The van der Waals surface area contributed by atoms with Crippen LogP contribution in [0.25, 0.3) is 50.4 Å². The summed E-state index contributed by atoms with van der Waals surface area (Å²) in [6, 6.07) is 37.1. The van der Waals surface area contributed by atoms with Crippen molar-refractivity contribution in [2.24, 2.45) is 5.92 Å². The number of rotatable bonds is 6. The molecule has 2 atom stereocenters. The number of hydrogen-bond acceptors (Lipinski definition) is 0. The highest BCUT2D eigenvalue weighted by Crippen LogP contribution is 2.51. The summed E-state index contributed by atoms with van der Waals surface area (Å²) in [6.07, 6.45) is 35.3. The molecule has 0 bridgehead atoms. The largest absolute Gasteiger partial charge is 0.0842 e. The molecule has 0 fully saturated rings. The molecule has 0 spiro atoms. The van der Waals surface area contributed by atoms with E-state index in [1.54, 1.807) is 5.57 Å². The third-order valence-electron chi connectivity index (χ3n) is 12.8. The molecule has 0 saturated heterocycles. The van der Waals surface area contributed by atoms with Gasteiger partial charge in [0.1, 0.15) is 0 Å². The Bertz CT molecular complexity index is 2630. The van der Waals surface area contributed by atoms with Gasteiger partial charge < -0.3 is 0 Å². The molecule has 0 radical (unpaired) electrons. The van der Waals surface area contributed by atoms with Gasteiger partial charge in [0.2, 0.25) is 0 Å². The van der Waals surface area contributed by atoms with Gasteiger partial charge in [-0.3, -0.25) is 0 Å². The van der Waals surface area contributed by atoms with Crippen LogP contribution in [-0.4, -0.2) is 0 Å². The standard InChI is InChI=1S/C54H48/c1-5-17-37(18-6-1)43-29-31-47(49(33-43)39-21-9-3-10-22-39)53-45-27-15-16-28-46(45)54(52-36-42-26-14-13-25-41(42)35-51(52)53)48-32-30-44(38-19-7-2-8-20-38)34-50(48)40-23-11-4-12-24-40/h1-5,7,9-12,15-17,19,21-28,31,34-36,43,49H,6,8,13-14,18,20,29-30,32-33H2. The Balaban J connectivity index is 1.27. The lowest BCUT2D eigenvalue weighted by Gasteiger charge is -2.34. The van der Waals surface area contributed by atoms with E-state index in [0.717, 1.165) is 57.8 Å². The van der Waals surface area contributed by atoms with Gasteiger partial charge >= 0.3 is 0 Å². The highest BCUT2D eigenvalue weighted by molar-refractivity contribution is 6.19. The van der Waals surface area contributed by atoms with Crippen LogP contribution in [0.15, 0.2) is 162 Å². The zero-order chi connectivity index (χ0) is 35.8. The van der Waals surface area contributed by atoms with Crippen LogP contribution in [-0.2, 0) is 0 Å². The van der Waals surface area contributed by atoms with E-state index in [9.17, 15) is 0 Å². The van der Waals surface area contributed by atoms with Crippen LogP contribution in [0.3, 0.4) is 0 Å². The van der Waals surface area contributed by atoms with Crippen LogP contribution in [0.2, 0.25) is 0 Å². The summed E-state index contributed by atoms with van der Waals surface area (Å²) in [5.74, 6) is 0.908. The lowest BCUT2D eigenvalue weighted by molar-refractivity contribution is 0.505. The molecule has 0 saturated carbocycles. The molecule has 5 aliphatic carbocycles. The van der Waals surface area contributed by atoms with E-state index in [2.05, 4.69) is 158 Å². The maximum Gasteiger partial charge on any atom is 0.00983 e. The number of allylic oxidation sites excluding steroid dienone is 14. The fraction of sp³-hybridized carbons (Fsp3) is 0.222. The zero-order valence-corrected chi connectivity index (χ0v) is 31.2. The van der Waals surface area contributed by atoms with E-state index in [0.29, 0.717) is 11.8 Å². The van der Waals surface area contributed by atoms with Gasteiger partial charge in [0.15, 0.2) is 0 Å². The first-order valence-electron chi connectivity index (χ1n) is 20.5. The zero-order valence-electron chi connectivity index (χ0n) is 31.2. The van der Waals surface area contributed by atoms with Gasteiger partial charge in [0, 0.05) is 5.92 Å². The van der Waals surface area contributed by atoms with Crippen LogP contribution in [0, 0.1) is 5.92 Å². The Labute approximate surface area is 320 Å². The second kappa shape index (κ2) is 14.4. The summed E-state index contributed by atoms with van der Waals surface area (Å²) in [4.78, 5) is 0. The molecule has 10 rings (SSSR count). The summed E-state index contributed by atoms with van der Waals surface area (Å²) >= 11 is 0. The fourth-order valence-electron chi connectivity index (χ4n) is 10.2. The van der Waals surface area contributed by atoms with Crippen LogP contribution >= 0.6 is 0 Å². The van der Waals surface area contributed by atoms with E-state index in [-0.39, 0.29) is 0 Å². The van der Waals surface area contributed by atoms with Gasteiger partial charge in [-0.2, -0.15) is 0 Å². The molecule has 5 aromatic rings. The van der Waals surface area contributed by atoms with Crippen molar-refractivity contribution in [1.29, 1.82) is 0 Å². The smallest absolute Gasteiger partial charge is 0.00983 e. The molecule has 0 nitrogen and oxygen atoms in total. The lowest BCUT2D eigenvalue weighted by Crippen LogP contribution is -2.27. The fourth-order valence-corrected chi connectivity index (χ4v) is 10.2. The van der Waals surface area contributed by atoms with Gasteiger partial charge in [0.05, 0.1) is 0 Å². The third-order valence-corrected chi connectivity index (χ3v) is 12.8. The lowest BCUT2D eigenvalue weighted by atomic mass is 9.70. The molecular formula is C54H48. The van der Waals surface area contributed by atoms with E-state index in [1.165, 1.54) is 88.5 Å². The van der Waals surface area contributed by atoms with E-state index in [4.69, 9.17) is 0 Å². The minimum atomic E-state index is 0.331. The maximum atomic E-state index is 2.65. The van der Waals surface area contributed by atoms with Crippen molar-refractivity contribution in [3.63, 3.8) is 0 Å². The molecule has 264 valence electrons. The molecule has 54 heavy (non-hydrogen) atoms. The average Bonchev–Trinajstić information content (AvgIpc) is 3.26. The Hall–Kier alpha value is -5.46. The molecule has 0 heteroatoms. The van der Waals surface area contributed by atoms with Crippen molar-refractivity contribution < 1.29 is 0 Å². The molecule has 0 amide bonds. The molecule has 0 heterocycles. The van der Waals surface area contributed by atoms with E-state index >= 15 is 0 Å². The van der Waals surface area contributed by atoms with Gasteiger partial charge in [-0.1, -0.05) is 151 Å². The molecule has 0 N–H and O–H groups in total. The van der Waals surface area contributed by atoms with E-state index < -0.39 is 0 Å². The summed E-state index contributed by atoms with van der Waals surface area (Å²) in [7, 11) is 0. The van der Waals surface area contributed by atoms with Crippen molar-refractivity contribution in [2.45, 2.75) is 70.1 Å². The van der Waals surface area contributed by atoms with Crippen LogP contribution in [0.4, 0.5) is 0 Å². The minimum absolute atomic E-state index is 0.331. The maximum absolute atomic E-state index is 2.65. The van der Waals surface area contributed by atoms with E-state index in [1.807, 2.05) is 0 Å². The first-order chi connectivity index (χ1) is 26.8. The first-order valence-corrected chi connectivity index (χ1v) is 20.5. The van der Waals surface area contributed by atoms with Crippen LogP contribution < -0.4 is 10.4 Å².